The Morgan fingerprint density at radius 3 is 2.58 bits per heavy atom. The number of alkyl halides is 1. The van der Waals surface area contributed by atoms with Crippen molar-refractivity contribution in [3.63, 3.8) is 0 Å². The van der Waals surface area contributed by atoms with Crippen LogP contribution in [-0.4, -0.2) is 24.1 Å². The van der Waals surface area contributed by atoms with E-state index in [1.807, 2.05) is 30.3 Å². The lowest BCUT2D eigenvalue weighted by molar-refractivity contribution is 0.0793. The van der Waals surface area contributed by atoms with Gasteiger partial charge in [-0.2, -0.15) is 0 Å². The number of aliphatic hydroxyl groups is 1. The SMILES string of the molecule is NCCCCC1(c2ccccc2)Cc2c(cc(F)c(Cl)c2-c2c(C=O)cc3c(c2F)CC(F)C3O)O1. The van der Waals surface area contributed by atoms with Crippen LogP contribution in [0.1, 0.15) is 58.0 Å². The number of hydrogen-bond donors (Lipinski definition) is 2. The Morgan fingerprint density at radius 2 is 1.89 bits per heavy atom. The van der Waals surface area contributed by atoms with Gasteiger partial charge in [-0.25, -0.2) is 13.2 Å². The number of benzene rings is 3. The third-order valence-electron chi connectivity index (χ3n) is 7.26. The van der Waals surface area contributed by atoms with Gasteiger partial charge < -0.3 is 15.6 Å². The third-order valence-corrected chi connectivity index (χ3v) is 7.63. The van der Waals surface area contributed by atoms with E-state index in [0.717, 1.165) is 18.4 Å². The van der Waals surface area contributed by atoms with Crippen molar-refractivity contribution >= 4 is 17.9 Å². The molecule has 36 heavy (non-hydrogen) atoms. The van der Waals surface area contributed by atoms with Crippen molar-refractivity contribution in [3.8, 4) is 16.9 Å². The zero-order chi connectivity index (χ0) is 25.6. The van der Waals surface area contributed by atoms with Gasteiger partial charge in [-0.15, -0.1) is 0 Å². The van der Waals surface area contributed by atoms with Crippen molar-refractivity contribution in [1.82, 2.24) is 0 Å². The van der Waals surface area contributed by atoms with Gasteiger partial charge in [-0.05, 0) is 48.6 Å². The first-order valence-corrected chi connectivity index (χ1v) is 12.3. The first-order valence-electron chi connectivity index (χ1n) is 11.9. The van der Waals surface area contributed by atoms with Crippen LogP contribution in [-0.2, 0) is 18.4 Å². The van der Waals surface area contributed by atoms with Crippen molar-refractivity contribution in [2.75, 3.05) is 6.54 Å². The summed E-state index contributed by atoms with van der Waals surface area (Å²) in [5, 5.41) is 9.79. The van der Waals surface area contributed by atoms with Gasteiger partial charge in [-0.3, -0.25) is 4.79 Å². The molecule has 0 aromatic heterocycles. The van der Waals surface area contributed by atoms with Gasteiger partial charge in [0, 0.05) is 41.2 Å². The van der Waals surface area contributed by atoms with E-state index in [0.29, 0.717) is 24.8 Å². The molecular weight excluding hydrogens is 491 g/mol. The van der Waals surface area contributed by atoms with E-state index in [4.69, 9.17) is 22.1 Å². The Bertz CT molecular complexity index is 1330. The van der Waals surface area contributed by atoms with Crippen LogP contribution in [0.25, 0.3) is 11.1 Å². The fraction of sp³-hybridized carbons (Fsp3) is 0.321. The molecule has 8 heteroatoms. The average Bonchev–Trinajstić information content (AvgIpc) is 3.39. The highest BCUT2D eigenvalue weighted by Crippen LogP contribution is 2.52. The predicted octanol–water partition coefficient (Wildman–Crippen LogP) is 5.98. The summed E-state index contributed by atoms with van der Waals surface area (Å²) in [6.07, 6.45) is -0.841. The van der Waals surface area contributed by atoms with E-state index in [-0.39, 0.29) is 51.4 Å². The molecule has 5 rings (SSSR count). The van der Waals surface area contributed by atoms with Gasteiger partial charge in [0.05, 0.1) is 5.02 Å². The molecule has 1 heterocycles. The van der Waals surface area contributed by atoms with E-state index >= 15 is 8.78 Å². The Morgan fingerprint density at radius 1 is 1.14 bits per heavy atom. The summed E-state index contributed by atoms with van der Waals surface area (Å²) >= 11 is 6.43. The summed E-state index contributed by atoms with van der Waals surface area (Å²) in [7, 11) is 0. The molecule has 2 aliphatic rings. The molecule has 0 fully saturated rings. The highest BCUT2D eigenvalue weighted by atomic mass is 35.5. The molecule has 1 aliphatic carbocycles. The number of hydrogen-bond acceptors (Lipinski definition) is 4. The monoisotopic (exact) mass is 515 g/mol. The molecule has 0 saturated heterocycles. The summed E-state index contributed by atoms with van der Waals surface area (Å²) < 4.78 is 51.7. The molecule has 0 amide bonds. The van der Waals surface area contributed by atoms with Gasteiger partial charge in [0.1, 0.15) is 35.3 Å². The Labute approximate surface area is 211 Å². The van der Waals surface area contributed by atoms with Gasteiger partial charge in [0.15, 0.2) is 6.29 Å². The van der Waals surface area contributed by atoms with Crippen LogP contribution >= 0.6 is 11.6 Å². The summed E-state index contributed by atoms with van der Waals surface area (Å²) in [6, 6.07) is 11.9. The molecule has 4 nitrogen and oxygen atoms in total. The zero-order valence-corrected chi connectivity index (χ0v) is 20.1. The summed E-state index contributed by atoms with van der Waals surface area (Å²) in [6.45, 7) is 0.508. The van der Waals surface area contributed by atoms with Crippen LogP contribution < -0.4 is 10.5 Å². The first-order chi connectivity index (χ1) is 17.3. The van der Waals surface area contributed by atoms with Crippen molar-refractivity contribution in [1.29, 1.82) is 0 Å². The number of ether oxygens (including phenoxy) is 1. The number of aldehydes is 1. The van der Waals surface area contributed by atoms with Crippen molar-refractivity contribution in [3.05, 3.63) is 86.9 Å². The number of halogens is 4. The molecule has 0 spiro atoms. The molecule has 188 valence electrons. The van der Waals surface area contributed by atoms with Gasteiger partial charge in [0.25, 0.3) is 0 Å². The van der Waals surface area contributed by atoms with Crippen LogP contribution in [0.3, 0.4) is 0 Å². The second kappa shape index (κ2) is 9.54. The fourth-order valence-electron chi connectivity index (χ4n) is 5.49. The van der Waals surface area contributed by atoms with Gasteiger partial charge in [-0.1, -0.05) is 41.9 Å². The maximum atomic E-state index is 15.9. The number of fused-ring (bicyclic) bond motifs is 2. The van der Waals surface area contributed by atoms with Gasteiger partial charge >= 0.3 is 0 Å². The molecule has 3 aromatic rings. The summed E-state index contributed by atoms with van der Waals surface area (Å²) in [4.78, 5) is 12.0. The van der Waals surface area contributed by atoms with Crippen molar-refractivity contribution in [2.24, 2.45) is 5.73 Å². The smallest absolute Gasteiger partial charge is 0.150 e. The average molecular weight is 516 g/mol. The number of nitrogens with two attached hydrogens (primary N) is 1. The lowest BCUT2D eigenvalue weighted by Gasteiger charge is -2.29. The van der Waals surface area contributed by atoms with E-state index in [1.54, 1.807) is 0 Å². The number of rotatable bonds is 7. The molecular formula is C28H25ClF3NO3. The Kier molecular flexibility index (Phi) is 6.57. The van der Waals surface area contributed by atoms with Gasteiger partial charge in [0.2, 0.25) is 0 Å². The molecule has 3 unspecified atom stereocenters. The molecule has 3 atom stereocenters. The number of unbranched alkanes of at least 4 members (excludes halogenated alkanes) is 1. The lowest BCUT2D eigenvalue weighted by Crippen LogP contribution is -2.31. The minimum Gasteiger partial charge on any atom is -0.482 e. The zero-order valence-electron chi connectivity index (χ0n) is 19.4. The van der Waals surface area contributed by atoms with E-state index in [1.165, 1.54) is 12.1 Å². The normalized spacial score (nSPS) is 22.3. The number of carbonyl (C=O) groups excluding carboxylic acids is 1. The summed E-state index contributed by atoms with van der Waals surface area (Å²) in [5.41, 5.74) is 5.82. The van der Waals surface area contributed by atoms with E-state index < -0.39 is 29.5 Å². The van der Waals surface area contributed by atoms with Crippen LogP contribution in [0, 0.1) is 11.6 Å². The topological polar surface area (TPSA) is 72.6 Å². The Balaban J connectivity index is 1.71. The highest BCUT2D eigenvalue weighted by molar-refractivity contribution is 6.34. The number of carbonyl (C=O) groups is 1. The van der Waals surface area contributed by atoms with Crippen molar-refractivity contribution in [2.45, 2.75) is 50.0 Å². The lowest BCUT2D eigenvalue weighted by atomic mass is 9.82. The third kappa shape index (κ3) is 3.90. The number of aliphatic hydroxyl groups excluding tert-OH is 1. The fourth-order valence-corrected chi connectivity index (χ4v) is 5.76. The molecule has 0 bridgehead atoms. The largest absolute Gasteiger partial charge is 0.482 e. The maximum Gasteiger partial charge on any atom is 0.150 e. The molecule has 1 aliphatic heterocycles. The molecule has 0 saturated carbocycles. The van der Waals surface area contributed by atoms with Crippen LogP contribution in [0.2, 0.25) is 5.02 Å². The standard InChI is InChI=1S/C28H25ClF3NO3/c29-25-20(30)12-22-19(13-28(36-22,8-4-5-9-33)16-6-2-1-3-7-16)24(25)23-15(14-34)10-18-17(26(23)32)11-21(31)27(18)35/h1-3,6-7,10,12,14,21,27,35H,4-5,8-9,11,13,33H2. The molecule has 3 aromatic carbocycles. The minimum atomic E-state index is -1.70. The quantitative estimate of drug-likeness (QED) is 0.300. The molecule has 0 radical (unpaired) electrons. The minimum absolute atomic E-state index is 0.0162. The van der Waals surface area contributed by atoms with Crippen LogP contribution in [0.15, 0.2) is 42.5 Å². The second-order valence-electron chi connectivity index (χ2n) is 9.41. The maximum absolute atomic E-state index is 15.9. The van der Waals surface area contributed by atoms with Crippen molar-refractivity contribution < 1.29 is 27.8 Å². The molecule has 3 N–H and O–H groups in total. The van der Waals surface area contributed by atoms with Crippen LogP contribution in [0.5, 0.6) is 5.75 Å². The first kappa shape index (κ1) is 24.8. The van der Waals surface area contributed by atoms with Crippen LogP contribution in [0.4, 0.5) is 13.2 Å². The highest BCUT2D eigenvalue weighted by Gasteiger charge is 2.44. The predicted molar refractivity (Wildman–Crippen MR) is 131 cm³/mol. The Hall–Kier alpha value is -2.87. The van der Waals surface area contributed by atoms with E-state index in [2.05, 4.69) is 0 Å². The van der Waals surface area contributed by atoms with E-state index in [9.17, 15) is 14.3 Å². The summed E-state index contributed by atoms with van der Waals surface area (Å²) in [5.74, 6) is -1.50. The second-order valence-corrected chi connectivity index (χ2v) is 9.79.